The first-order valence-corrected chi connectivity index (χ1v) is 8.27. The third-order valence-electron chi connectivity index (χ3n) is 4.25. The molecule has 1 aliphatic heterocycles. The standard InChI is InChI=1S/C20H18N2O5/c1-23-17-9-13(10-18(24-2)19(17)25-3)14-6-7-21-20(22-14)12-4-5-15-16(8-12)27-11-26-15/h4-10H,11H2,1-3H3. The van der Waals surface area contributed by atoms with Gasteiger partial charge in [0.1, 0.15) is 0 Å². The van der Waals surface area contributed by atoms with E-state index in [-0.39, 0.29) is 6.79 Å². The van der Waals surface area contributed by atoms with Crippen molar-refractivity contribution < 1.29 is 23.7 Å². The fourth-order valence-electron chi connectivity index (χ4n) is 2.92. The molecule has 0 bridgehead atoms. The molecule has 27 heavy (non-hydrogen) atoms. The van der Waals surface area contributed by atoms with Gasteiger partial charge >= 0.3 is 0 Å². The van der Waals surface area contributed by atoms with Gasteiger partial charge in [0.25, 0.3) is 0 Å². The van der Waals surface area contributed by atoms with Crippen molar-refractivity contribution in [3.63, 3.8) is 0 Å². The highest BCUT2D eigenvalue weighted by atomic mass is 16.7. The Hall–Kier alpha value is -3.48. The predicted octanol–water partition coefficient (Wildman–Crippen LogP) is 3.57. The van der Waals surface area contributed by atoms with Gasteiger partial charge in [-0.25, -0.2) is 9.97 Å². The number of fused-ring (bicyclic) bond motifs is 1. The van der Waals surface area contributed by atoms with Crippen LogP contribution in [0.2, 0.25) is 0 Å². The van der Waals surface area contributed by atoms with Crippen molar-refractivity contribution in [2.75, 3.05) is 28.1 Å². The predicted molar refractivity (Wildman–Crippen MR) is 98.7 cm³/mol. The molecular weight excluding hydrogens is 348 g/mol. The smallest absolute Gasteiger partial charge is 0.231 e. The van der Waals surface area contributed by atoms with Crippen molar-refractivity contribution >= 4 is 0 Å². The van der Waals surface area contributed by atoms with Gasteiger partial charge in [-0.3, -0.25) is 0 Å². The molecule has 1 aromatic heterocycles. The van der Waals surface area contributed by atoms with E-state index in [2.05, 4.69) is 9.97 Å². The van der Waals surface area contributed by atoms with Gasteiger partial charge in [-0.1, -0.05) is 0 Å². The van der Waals surface area contributed by atoms with Crippen LogP contribution in [-0.4, -0.2) is 38.1 Å². The molecule has 0 amide bonds. The van der Waals surface area contributed by atoms with Gasteiger partial charge in [0.05, 0.1) is 27.0 Å². The number of ether oxygens (including phenoxy) is 5. The maximum absolute atomic E-state index is 5.44. The molecule has 0 N–H and O–H groups in total. The van der Waals surface area contributed by atoms with E-state index in [4.69, 9.17) is 23.7 Å². The third-order valence-corrected chi connectivity index (χ3v) is 4.25. The molecule has 7 nitrogen and oxygen atoms in total. The van der Waals surface area contributed by atoms with Crippen molar-refractivity contribution in [2.45, 2.75) is 0 Å². The molecule has 3 aromatic rings. The second-order valence-corrected chi connectivity index (χ2v) is 5.75. The zero-order valence-electron chi connectivity index (χ0n) is 15.2. The molecule has 0 saturated heterocycles. The van der Waals surface area contributed by atoms with E-state index in [1.807, 2.05) is 36.4 Å². The molecular formula is C20H18N2O5. The first-order chi connectivity index (χ1) is 13.2. The summed E-state index contributed by atoms with van der Waals surface area (Å²) in [7, 11) is 4.74. The number of hydrogen-bond donors (Lipinski definition) is 0. The average Bonchev–Trinajstić information content (AvgIpc) is 3.20. The van der Waals surface area contributed by atoms with Crippen LogP contribution in [0.3, 0.4) is 0 Å². The van der Waals surface area contributed by atoms with Crippen molar-refractivity contribution in [2.24, 2.45) is 0 Å². The Morgan fingerprint density at radius 3 is 2.26 bits per heavy atom. The van der Waals surface area contributed by atoms with Crippen LogP contribution in [0, 0.1) is 0 Å². The molecule has 0 atom stereocenters. The highest BCUT2D eigenvalue weighted by Gasteiger charge is 2.17. The highest BCUT2D eigenvalue weighted by molar-refractivity contribution is 5.70. The van der Waals surface area contributed by atoms with Gasteiger partial charge in [-0.15, -0.1) is 0 Å². The van der Waals surface area contributed by atoms with Crippen molar-refractivity contribution in [1.82, 2.24) is 9.97 Å². The summed E-state index contributed by atoms with van der Waals surface area (Å²) in [6.07, 6.45) is 1.71. The summed E-state index contributed by atoms with van der Waals surface area (Å²) in [5.74, 6) is 3.66. The molecule has 0 aliphatic carbocycles. The summed E-state index contributed by atoms with van der Waals surface area (Å²) < 4.78 is 27.0. The molecule has 0 unspecified atom stereocenters. The minimum Gasteiger partial charge on any atom is -0.493 e. The first-order valence-electron chi connectivity index (χ1n) is 8.27. The normalized spacial score (nSPS) is 12.0. The topological polar surface area (TPSA) is 71.9 Å². The van der Waals surface area contributed by atoms with E-state index in [0.717, 1.165) is 22.6 Å². The Balaban J connectivity index is 1.77. The molecule has 2 heterocycles. The number of aromatic nitrogens is 2. The van der Waals surface area contributed by atoms with Crippen LogP contribution in [-0.2, 0) is 0 Å². The van der Waals surface area contributed by atoms with Crippen LogP contribution < -0.4 is 23.7 Å². The molecule has 0 radical (unpaired) electrons. The van der Waals surface area contributed by atoms with E-state index >= 15 is 0 Å². The number of benzene rings is 2. The molecule has 138 valence electrons. The Bertz CT molecular complexity index is 965. The van der Waals surface area contributed by atoms with Gasteiger partial charge in [-0.2, -0.15) is 0 Å². The van der Waals surface area contributed by atoms with Crippen LogP contribution in [0.1, 0.15) is 0 Å². The van der Waals surface area contributed by atoms with E-state index < -0.39 is 0 Å². The lowest BCUT2D eigenvalue weighted by molar-refractivity contribution is 0.174. The maximum Gasteiger partial charge on any atom is 0.231 e. The minimum atomic E-state index is 0.227. The number of hydrogen-bond acceptors (Lipinski definition) is 7. The molecule has 1 aliphatic rings. The summed E-state index contributed by atoms with van der Waals surface area (Å²) in [6.45, 7) is 0.227. The Kier molecular flexibility index (Phi) is 4.42. The Morgan fingerprint density at radius 2 is 1.56 bits per heavy atom. The second-order valence-electron chi connectivity index (χ2n) is 5.75. The summed E-state index contributed by atoms with van der Waals surface area (Å²) >= 11 is 0. The fraction of sp³-hybridized carbons (Fsp3) is 0.200. The van der Waals surface area contributed by atoms with Crippen LogP contribution in [0.5, 0.6) is 28.7 Å². The lowest BCUT2D eigenvalue weighted by Gasteiger charge is -2.14. The molecule has 0 spiro atoms. The Morgan fingerprint density at radius 1 is 0.815 bits per heavy atom. The molecule has 2 aromatic carbocycles. The summed E-state index contributed by atoms with van der Waals surface area (Å²) in [5, 5.41) is 0. The van der Waals surface area contributed by atoms with Crippen molar-refractivity contribution in [3.8, 4) is 51.4 Å². The largest absolute Gasteiger partial charge is 0.493 e. The van der Waals surface area contributed by atoms with Crippen LogP contribution >= 0.6 is 0 Å². The summed E-state index contributed by atoms with van der Waals surface area (Å²) in [6, 6.07) is 11.2. The SMILES string of the molecule is COc1cc(-c2ccnc(-c3ccc4c(c3)OCO4)n2)cc(OC)c1OC. The average molecular weight is 366 g/mol. The number of methoxy groups -OCH3 is 3. The molecule has 7 heteroatoms. The van der Waals surface area contributed by atoms with Crippen molar-refractivity contribution in [1.29, 1.82) is 0 Å². The zero-order valence-corrected chi connectivity index (χ0v) is 15.2. The van der Waals surface area contributed by atoms with Crippen LogP contribution in [0.25, 0.3) is 22.6 Å². The van der Waals surface area contributed by atoms with E-state index in [9.17, 15) is 0 Å². The Labute approximate surface area is 156 Å². The summed E-state index contributed by atoms with van der Waals surface area (Å²) in [4.78, 5) is 9.07. The van der Waals surface area contributed by atoms with Crippen LogP contribution in [0.15, 0.2) is 42.6 Å². The van der Waals surface area contributed by atoms with Gasteiger partial charge < -0.3 is 23.7 Å². The fourth-order valence-corrected chi connectivity index (χ4v) is 2.92. The minimum absolute atomic E-state index is 0.227. The number of nitrogens with zero attached hydrogens (tertiary/aromatic N) is 2. The third kappa shape index (κ3) is 3.08. The van der Waals surface area contributed by atoms with Gasteiger partial charge in [-0.05, 0) is 36.4 Å². The molecule has 0 fully saturated rings. The quantitative estimate of drug-likeness (QED) is 0.683. The van der Waals surface area contributed by atoms with Crippen molar-refractivity contribution in [3.05, 3.63) is 42.6 Å². The number of rotatable bonds is 5. The highest BCUT2D eigenvalue weighted by Crippen LogP contribution is 2.41. The second kappa shape index (κ2) is 7.03. The summed E-state index contributed by atoms with van der Waals surface area (Å²) in [5.41, 5.74) is 2.40. The first kappa shape index (κ1) is 17.0. The molecule has 0 saturated carbocycles. The van der Waals surface area contributed by atoms with Gasteiger partial charge in [0.2, 0.25) is 12.5 Å². The van der Waals surface area contributed by atoms with E-state index in [1.165, 1.54) is 0 Å². The lowest BCUT2D eigenvalue weighted by atomic mass is 10.1. The maximum atomic E-state index is 5.44. The monoisotopic (exact) mass is 366 g/mol. The van der Waals surface area contributed by atoms with E-state index in [0.29, 0.717) is 28.8 Å². The van der Waals surface area contributed by atoms with Gasteiger partial charge in [0, 0.05) is 17.3 Å². The van der Waals surface area contributed by atoms with Gasteiger partial charge in [0.15, 0.2) is 28.8 Å². The molecule has 4 rings (SSSR count). The van der Waals surface area contributed by atoms with Crippen LogP contribution in [0.4, 0.5) is 0 Å². The lowest BCUT2D eigenvalue weighted by Crippen LogP contribution is -1.97. The van der Waals surface area contributed by atoms with E-state index in [1.54, 1.807) is 27.5 Å². The zero-order chi connectivity index (χ0) is 18.8.